The third-order valence-corrected chi connectivity index (χ3v) is 4.83. The van der Waals surface area contributed by atoms with Crippen molar-refractivity contribution in [2.75, 3.05) is 11.6 Å². The zero-order chi connectivity index (χ0) is 17.3. The fourth-order valence-electron chi connectivity index (χ4n) is 2.56. The van der Waals surface area contributed by atoms with Crippen LogP contribution in [0.5, 0.6) is 0 Å². The first kappa shape index (κ1) is 16.9. The minimum Gasteiger partial charge on any atom is -0.321 e. The largest absolute Gasteiger partial charge is 0.321 e. The van der Waals surface area contributed by atoms with Crippen LogP contribution in [-0.2, 0) is 5.92 Å². The predicted molar refractivity (Wildman–Crippen MR) is 92.0 cm³/mol. The van der Waals surface area contributed by atoms with E-state index in [2.05, 4.69) is 10.3 Å². The molecule has 0 spiro atoms. The maximum absolute atomic E-state index is 13.7. The van der Waals surface area contributed by atoms with Gasteiger partial charge in [0.1, 0.15) is 0 Å². The zero-order valence-electron chi connectivity index (χ0n) is 13.5. The lowest BCUT2D eigenvalue weighted by Crippen LogP contribution is -2.15. The molecule has 0 unspecified atom stereocenters. The number of rotatable bonds is 5. The molecule has 1 aliphatic carbocycles. The van der Waals surface area contributed by atoms with Gasteiger partial charge in [-0.1, -0.05) is 12.1 Å². The van der Waals surface area contributed by atoms with Crippen molar-refractivity contribution in [3.8, 4) is 0 Å². The normalized spacial score (nSPS) is 14.5. The van der Waals surface area contributed by atoms with Crippen molar-refractivity contribution in [2.45, 2.75) is 36.5 Å². The Hall–Kier alpha value is -1.95. The fourth-order valence-corrected chi connectivity index (χ4v) is 3.36. The van der Waals surface area contributed by atoms with Crippen molar-refractivity contribution in [1.82, 2.24) is 4.98 Å². The number of halogens is 2. The second-order valence-corrected chi connectivity index (χ2v) is 6.79. The Balaban J connectivity index is 1.83. The van der Waals surface area contributed by atoms with Gasteiger partial charge in [-0.25, -0.2) is 8.78 Å². The zero-order valence-corrected chi connectivity index (χ0v) is 14.3. The van der Waals surface area contributed by atoms with Gasteiger partial charge in [-0.05, 0) is 37.3 Å². The van der Waals surface area contributed by atoms with Crippen LogP contribution in [0, 0.1) is 0 Å². The van der Waals surface area contributed by atoms with Crippen LogP contribution in [0.15, 0.2) is 41.4 Å². The first-order chi connectivity index (χ1) is 11.4. The molecule has 24 heavy (non-hydrogen) atoms. The van der Waals surface area contributed by atoms with Crippen molar-refractivity contribution < 1.29 is 13.6 Å². The van der Waals surface area contributed by atoms with Crippen LogP contribution in [-0.4, -0.2) is 17.1 Å². The van der Waals surface area contributed by atoms with Crippen LogP contribution in [0.2, 0.25) is 0 Å². The molecule has 3 nitrogen and oxygen atoms in total. The summed E-state index contributed by atoms with van der Waals surface area (Å²) < 4.78 is 27.5. The Labute approximate surface area is 143 Å². The van der Waals surface area contributed by atoms with Crippen LogP contribution in [0.3, 0.4) is 0 Å². The van der Waals surface area contributed by atoms with E-state index in [9.17, 15) is 13.6 Å². The van der Waals surface area contributed by atoms with E-state index in [0.717, 1.165) is 25.5 Å². The monoisotopic (exact) mass is 348 g/mol. The smallest absolute Gasteiger partial charge is 0.271 e. The van der Waals surface area contributed by atoms with E-state index in [1.807, 2.05) is 6.07 Å². The summed E-state index contributed by atoms with van der Waals surface area (Å²) in [6.45, 7) is 0.855. The Morgan fingerprint density at radius 2 is 2.04 bits per heavy atom. The van der Waals surface area contributed by atoms with E-state index in [1.54, 1.807) is 24.6 Å². The molecular weight excluding hydrogens is 330 g/mol. The lowest BCUT2D eigenvalue weighted by atomic mass is 10.1. The highest BCUT2D eigenvalue weighted by atomic mass is 32.2. The average molecular weight is 348 g/mol. The summed E-state index contributed by atoms with van der Waals surface area (Å²) in [6, 6.07) is 8.13. The van der Waals surface area contributed by atoms with E-state index in [1.165, 1.54) is 23.9 Å². The standard InChI is InChI=1S/C18H18F2N2OS/c1-18(19,20)13-4-3-5-15(16(13)24-2)22-17(23)12-8-9-14(21-10-12)11-6-7-11/h3-5,8-11H,6-7H2,1-2H3,(H,22,23). The number of aromatic nitrogens is 1. The summed E-state index contributed by atoms with van der Waals surface area (Å²) in [5.41, 5.74) is 1.72. The summed E-state index contributed by atoms with van der Waals surface area (Å²) in [5.74, 6) is -2.79. The van der Waals surface area contributed by atoms with Crippen molar-refractivity contribution in [3.05, 3.63) is 53.3 Å². The molecule has 1 amide bonds. The van der Waals surface area contributed by atoms with Gasteiger partial charge in [-0.2, -0.15) is 0 Å². The molecule has 0 radical (unpaired) electrons. The van der Waals surface area contributed by atoms with Crippen molar-refractivity contribution in [1.29, 1.82) is 0 Å². The average Bonchev–Trinajstić information content (AvgIpc) is 3.39. The second kappa shape index (κ2) is 6.51. The van der Waals surface area contributed by atoms with Crippen molar-refractivity contribution in [3.63, 3.8) is 0 Å². The lowest BCUT2D eigenvalue weighted by molar-refractivity contribution is 0.0147. The van der Waals surface area contributed by atoms with Gasteiger partial charge >= 0.3 is 0 Å². The van der Waals surface area contributed by atoms with E-state index >= 15 is 0 Å². The molecule has 0 atom stereocenters. The molecule has 3 rings (SSSR count). The predicted octanol–water partition coefficient (Wildman–Crippen LogP) is 5.04. The van der Waals surface area contributed by atoms with Crippen LogP contribution in [0.1, 0.15) is 47.3 Å². The maximum atomic E-state index is 13.7. The third-order valence-electron chi connectivity index (χ3n) is 3.98. The van der Waals surface area contributed by atoms with Crippen molar-refractivity contribution >= 4 is 23.4 Å². The Kier molecular flexibility index (Phi) is 4.58. The number of amides is 1. The molecular formula is C18H18F2N2OS. The second-order valence-electron chi connectivity index (χ2n) is 5.97. The number of hydrogen-bond acceptors (Lipinski definition) is 3. The number of carbonyl (C=O) groups excluding carboxylic acids is 1. The number of carbonyl (C=O) groups is 1. The van der Waals surface area contributed by atoms with Crippen LogP contribution < -0.4 is 5.32 Å². The van der Waals surface area contributed by atoms with Gasteiger partial charge in [0.15, 0.2) is 0 Å². The summed E-state index contributed by atoms with van der Waals surface area (Å²) in [7, 11) is 0. The highest BCUT2D eigenvalue weighted by Gasteiger charge is 2.29. The first-order valence-electron chi connectivity index (χ1n) is 7.72. The minimum atomic E-state index is -2.97. The molecule has 0 aliphatic heterocycles. The molecule has 0 bridgehead atoms. The number of nitrogens with one attached hydrogen (secondary N) is 1. The lowest BCUT2D eigenvalue weighted by Gasteiger charge is -2.18. The molecule has 6 heteroatoms. The van der Waals surface area contributed by atoms with E-state index < -0.39 is 5.92 Å². The third kappa shape index (κ3) is 3.59. The van der Waals surface area contributed by atoms with Gasteiger partial charge in [0.2, 0.25) is 0 Å². The van der Waals surface area contributed by atoms with Crippen molar-refractivity contribution in [2.24, 2.45) is 0 Å². The maximum Gasteiger partial charge on any atom is 0.271 e. The SMILES string of the molecule is CSc1c(NC(=O)c2ccc(C3CC3)nc2)cccc1C(C)(F)F. The van der Waals surface area contributed by atoms with E-state index in [4.69, 9.17) is 0 Å². The van der Waals surface area contributed by atoms with Crippen LogP contribution in [0.25, 0.3) is 0 Å². The number of benzene rings is 1. The molecule has 1 N–H and O–H groups in total. The quantitative estimate of drug-likeness (QED) is 0.769. The van der Waals surface area contributed by atoms with E-state index in [-0.39, 0.29) is 11.5 Å². The summed E-state index contributed by atoms with van der Waals surface area (Å²) in [4.78, 5) is 17.1. The van der Waals surface area contributed by atoms with Gasteiger partial charge in [-0.3, -0.25) is 9.78 Å². The molecule has 1 fully saturated rings. The summed E-state index contributed by atoms with van der Waals surface area (Å²) >= 11 is 1.19. The number of thioether (sulfide) groups is 1. The van der Waals surface area contributed by atoms with Crippen LogP contribution >= 0.6 is 11.8 Å². The molecule has 1 aromatic carbocycles. The highest BCUT2D eigenvalue weighted by molar-refractivity contribution is 7.98. The number of hydrogen-bond donors (Lipinski definition) is 1. The molecule has 0 saturated heterocycles. The summed E-state index contributed by atoms with van der Waals surface area (Å²) in [5, 5.41) is 2.72. The van der Waals surface area contributed by atoms with Gasteiger partial charge in [0, 0.05) is 35.2 Å². The minimum absolute atomic E-state index is 0.0880. The highest BCUT2D eigenvalue weighted by Crippen LogP contribution is 2.39. The summed E-state index contributed by atoms with van der Waals surface area (Å²) in [6.07, 6.45) is 5.55. The fraction of sp³-hybridized carbons (Fsp3) is 0.333. The van der Waals surface area contributed by atoms with E-state index in [0.29, 0.717) is 22.1 Å². The van der Waals surface area contributed by atoms with Gasteiger partial charge in [-0.15, -0.1) is 11.8 Å². The number of nitrogens with zero attached hydrogens (tertiary/aromatic N) is 1. The Morgan fingerprint density at radius 3 is 2.58 bits per heavy atom. The molecule has 1 aliphatic rings. The van der Waals surface area contributed by atoms with Gasteiger partial charge in [0.25, 0.3) is 11.8 Å². The Bertz CT molecular complexity index is 753. The number of anilines is 1. The first-order valence-corrected chi connectivity index (χ1v) is 8.95. The number of alkyl halides is 2. The molecule has 1 heterocycles. The topological polar surface area (TPSA) is 42.0 Å². The van der Waals surface area contributed by atoms with Crippen LogP contribution in [0.4, 0.5) is 14.5 Å². The Morgan fingerprint density at radius 1 is 1.29 bits per heavy atom. The molecule has 1 aromatic heterocycles. The molecule has 126 valence electrons. The van der Waals surface area contributed by atoms with Gasteiger partial charge < -0.3 is 5.32 Å². The molecule has 2 aromatic rings. The van der Waals surface area contributed by atoms with Gasteiger partial charge in [0.05, 0.1) is 11.3 Å². The number of pyridine rings is 1. The molecule has 1 saturated carbocycles.